The van der Waals surface area contributed by atoms with E-state index in [0.29, 0.717) is 11.4 Å². The summed E-state index contributed by atoms with van der Waals surface area (Å²) >= 11 is 0. The van der Waals surface area contributed by atoms with E-state index in [0.717, 1.165) is 0 Å². The summed E-state index contributed by atoms with van der Waals surface area (Å²) in [5.74, 6) is -1.58. The van der Waals surface area contributed by atoms with Crippen LogP contribution in [-0.2, 0) is 9.59 Å². The van der Waals surface area contributed by atoms with Gasteiger partial charge in [-0.05, 0) is 11.6 Å². The van der Waals surface area contributed by atoms with Crippen LogP contribution in [0.2, 0.25) is 0 Å². The van der Waals surface area contributed by atoms with Gasteiger partial charge in [0, 0.05) is 18.7 Å². The second kappa shape index (κ2) is 4.40. The van der Waals surface area contributed by atoms with E-state index in [1.54, 1.807) is 12.1 Å². The third-order valence-electron chi connectivity index (χ3n) is 2.77. The molecule has 1 aromatic rings. The zero-order valence-electron chi connectivity index (χ0n) is 9.21. The van der Waals surface area contributed by atoms with Crippen LogP contribution in [0.5, 0.6) is 5.88 Å². The molecule has 6 heteroatoms. The summed E-state index contributed by atoms with van der Waals surface area (Å²) in [6.07, 6.45) is 1.53. The topological polar surface area (TPSA) is 88.5 Å². The van der Waals surface area contributed by atoms with Gasteiger partial charge in [0.15, 0.2) is 0 Å². The van der Waals surface area contributed by atoms with E-state index in [1.165, 1.54) is 13.3 Å². The van der Waals surface area contributed by atoms with Gasteiger partial charge in [-0.3, -0.25) is 9.59 Å². The van der Waals surface area contributed by atoms with E-state index in [4.69, 9.17) is 9.84 Å². The molecule has 2 heterocycles. The molecule has 6 nitrogen and oxygen atoms in total. The third-order valence-corrected chi connectivity index (χ3v) is 2.77. The number of carbonyl (C=O) groups is 2. The Kier molecular flexibility index (Phi) is 2.95. The molecule has 0 aliphatic carbocycles. The number of aromatic nitrogens is 1. The maximum Gasteiger partial charge on any atom is 0.309 e. The third kappa shape index (κ3) is 2.20. The Morgan fingerprint density at radius 1 is 1.65 bits per heavy atom. The Hall–Kier alpha value is -2.11. The van der Waals surface area contributed by atoms with E-state index >= 15 is 0 Å². The fourth-order valence-corrected chi connectivity index (χ4v) is 1.93. The van der Waals surface area contributed by atoms with Crippen molar-refractivity contribution in [2.45, 2.75) is 12.5 Å². The highest BCUT2D eigenvalue weighted by Crippen LogP contribution is 2.31. The van der Waals surface area contributed by atoms with Crippen molar-refractivity contribution in [3.05, 3.63) is 23.9 Å². The zero-order valence-corrected chi connectivity index (χ0v) is 9.21. The molecule has 1 aliphatic rings. The number of rotatable bonds is 3. The minimum absolute atomic E-state index is 0.00460. The van der Waals surface area contributed by atoms with Crippen molar-refractivity contribution in [1.82, 2.24) is 10.3 Å². The highest BCUT2D eigenvalue weighted by molar-refractivity contribution is 5.87. The fraction of sp³-hybridized carbons (Fsp3) is 0.364. The van der Waals surface area contributed by atoms with Gasteiger partial charge in [-0.15, -0.1) is 0 Å². The Bertz CT molecular complexity index is 461. The number of amides is 1. The van der Waals surface area contributed by atoms with Gasteiger partial charge < -0.3 is 15.2 Å². The molecule has 1 aliphatic heterocycles. The number of pyridine rings is 1. The van der Waals surface area contributed by atoms with Crippen LogP contribution in [0.15, 0.2) is 18.3 Å². The number of nitrogens with one attached hydrogen (secondary N) is 1. The molecule has 2 atom stereocenters. The number of hydrogen-bond donors (Lipinski definition) is 2. The largest absolute Gasteiger partial charge is 0.481 e. The molecule has 0 saturated carbocycles. The van der Waals surface area contributed by atoms with Crippen molar-refractivity contribution >= 4 is 11.9 Å². The first-order valence-electron chi connectivity index (χ1n) is 5.14. The van der Waals surface area contributed by atoms with Gasteiger partial charge in [-0.2, -0.15) is 0 Å². The van der Waals surface area contributed by atoms with Crippen molar-refractivity contribution < 1.29 is 19.4 Å². The average Bonchev–Trinajstić information content (AvgIpc) is 2.72. The van der Waals surface area contributed by atoms with Gasteiger partial charge >= 0.3 is 5.97 Å². The first-order chi connectivity index (χ1) is 8.11. The van der Waals surface area contributed by atoms with Crippen LogP contribution in [0.3, 0.4) is 0 Å². The minimum atomic E-state index is -0.982. The van der Waals surface area contributed by atoms with Gasteiger partial charge in [-0.1, -0.05) is 0 Å². The SMILES string of the molecule is COc1cc([C@@H]2NC(=O)C[C@H]2C(=O)O)ccn1. The molecular formula is C11H12N2O4. The fourth-order valence-electron chi connectivity index (χ4n) is 1.93. The molecular weight excluding hydrogens is 224 g/mol. The smallest absolute Gasteiger partial charge is 0.309 e. The van der Waals surface area contributed by atoms with E-state index in [-0.39, 0.29) is 12.3 Å². The van der Waals surface area contributed by atoms with Crippen LogP contribution in [0.25, 0.3) is 0 Å². The van der Waals surface area contributed by atoms with E-state index < -0.39 is 17.9 Å². The lowest BCUT2D eigenvalue weighted by molar-refractivity contribution is -0.142. The minimum Gasteiger partial charge on any atom is -0.481 e. The van der Waals surface area contributed by atoms with Gasteiger partial charge in [-0.25, -0.2) is 4.98 Å². The van der Waals surface area contributed by atoms with Crippen LogP contribution in [-0.4, -0.2) is 29.1 Å². The monoisotopic (exact) mass is 236 g/mol. The number of carboxylic acids is 1. The number of hydrogen-bond acceptors (Lipinski definition) is 4. The highest BCUT2D eigenvalue weighted by Gasteiger charge is 2.38. The van der Waals surface area contributed by atoms with Gasteiger partial charge in [0.2, 0.25) is 11.8 Å². The standard InChI is InChI=1S/C11H12N2O4/c1-17-9-4-6(2-3-12-9)10-7(11(15)16)5-8(14)13-10/h2-4,7,10H,5H2,1H3,(H,13,14)(H,15,16)/t7-,10+/m1/s1. The van der Waals surface area contributed by atoms with Crippen molar-refractivity contribution in [2.24, 2.45) is 5.92 Å². The molecule has 2 rings (SSSR count). The second-order valence-corrected chi connectivity index (χ2v) is 3.83. The average molecular weight is 236 g/mol. The van der Waals surface area contributed by atoms with Crippen molar-refractivity contribution in [3.8, 4) is 5.88 Å². The maximum absolute atomic E-state index is 11.3. The molecule has 0 unspecified atom stereocenters. The maximum atomic E-state index is 11.3. The summed E-state index contributed by atoms with van der Waals surface area (Å²) in [5.41, 5.74) is 0.690. The summed E-state index contributed by atoms with van der Waals surface area (Å²) in [5, 5.41) is 11.7. The first kappa shape index (κ1) is 11.4. The zero-order chi connectivity index (χ0) is 12.4. The summed E-state index contributed by atoms with van der Waals surface area (Å²) in [7, 11) is 1.48. The Morgan fingerprint density at radius 2 is 2.41 bits per heavy atom. The number of methoxy groups -OCH3 is 1. The number of ether oxygens (including phenoxy) is 1. The van der Waals surface area contributed by atoms with Crippen LogP contribution >= 0.6 is 0 Å². The molecule has 90 valence electrons. The Balaban J connectivity index is 2.31. The lowest BCUT2D eigenvalue weighted by Gasteiger charge is -2.15. The van der Waals surface area contributed by atoms with Crippen molar-refractivity contribution in [1.29, 1.82) is 0 Å². The highest BCUT2D eigenvalue weighted by atomic mass is 16.5. The molecule has 0 radical (unpaired) electrons. The second-order valence-electron chi connectivity index (χ2n) is 3.83. The first-order valence-corrected chi connectivity index (χ1v) is 5.14. The summed E-state index contributed by atoms with van der Waals surface area (Å²) in [4.78, 5) is 26.3. The molecule has 0 spiro atoms. The Morgan fingerprint density at radius 3 is 3.06 bits per heavy atom. The molecule has 0 bridgehead atoms. The van der Waals surface area contributed by atoms with E-state index in [9.17, 15) is 9.59 Å². The van der Waals surface area contributed by atoms with Gasteiger partial charge in [0.05, 0.1) is 19.1 Å². The molecule has 1 fully saturated rings. The number of aliphatic carboxylic acids is 1. The molecule has 17 heavy (non-hydrogen) atoms. The normalized spacial score (nSPS) is 23.2. The summed E-state index contributed by atoms with van der Waals surface area (Å²) in [6.45, 7) is 0. The van der Waals surface area contributed by atoms with Crippen molar-refractivity contribution in [3.63, 3.8) is 0 Å². The molecule has 1 aromatic heterocycles. The Labute approximate surface area is 97.6 Å². The lowest BCUT2D eigenvalue weighted by atomic mass is 9.95. The lowest BCUT2D eigenvalue weighted by Crippen LogP contribution is -2.24. The van der Waals surface area contributed by atoms with Crippen LogP contribution in [0, 0.1) is 5.92 Å². The van der Waals surface area contributed by atoms with Crippen LogP contribution in [0.1, 0.15) is 18.0 Å². The van der Waals surface area contributed by atoms with Gasteiger partial charge in [0.25, 0.3) is 0 Å². The number of carbonyl (C=O) groups excluding carboxylic acids is 1. The van der Waals surface area contributed by atoms with E-state index in [2.05, 4.69) is 10.3 Å². The summed E-state index contributed by atoms with van der Waals surface area (Å²) < 4.78 is 4.97. The molecule has 1 saturated heterocycles. The number of nitrogens with zero attached hydrogens (tertiary/aromatic N) is 1. The van der Waals surface area contributed by atoms with Gasteiger partial charge in [0.1, 0.15) is 0 Å². The molecule has 2 N–H and O–H groups in total. The number of carboxylic acid groups (broad SMARTS) is 1. The molecule has 1 amide bonds. The van der Waals surface area contributed by atoms with Crippen LogP contribution in [0.4, 0.5) is 0 Å². The summed E-state index contributed by atoms with van der Waals surface area (Å²) in [6, 6.07) is 2.79. The predicted octanol–water partition coefficient (Wildman–Crippen LogP) is 0.352. The quantitative estimate of drug-likeness (QED) is 0.790. The van der Waals surface area contributed by atoms with Crippen molar-refractivity contribution in [2.75, 3.05) is 7.11 Å². The predicted molar refractivity (Wildman–Crippen MR) is 57.4 cm³/mol. The van der Waals surface area contributed by atoms with Crippen LogP contribution < -0.4 is 10.1 Å². The van der Waals surface area contributed by atoms with E-state index in [1.807, 2.05) is 0 Å². The molecule has 0 aromatic carbocycles.